The van der Waals surface area contributed by atoms with Gasteiger partial charge in [0.15, 0.2) is 12.5 Å². The van der Waals surface area contributed by atoms with Gasteiger partial charge < -0.3 is 4.74 Å². The van der Waals surface area contributed by atoms with Crippen molar-refractivity contribution in [3.8, 4) is 0 Å². The van der Waals surface area contributed by atoms with Crippen molar-refractivity contribution in [2.75, 3.05) is 0 Å². The highest BCUT2D eigenvalue weighted by atomic mass is 16.6. The smallest absolute Gasteiger partial charge is 0.413 e. The van der Waals surface area contributed by atoms with Gasteiger partial charge >= 0.3 is 11.9 Å². The first-order chi connectivity index (χ1) is 9.24. The van der Waals surface area contributed by atoms with Crippen LogP contribution in [0.3, 0.4) is 0 Å². The molecule has 1 amide bonds. The minimum atomic E-state index is -0.305. The summed E-state index contributed by atoms with van der Waals surface area (Å²) < 4.78 is 5.34. The molecular formula is C15H16NO3+. The van der Waals surface area contributed by atoms with Crippen molar-refractivity contribution >= 4 is 11.9 Å². The van der Waals surface area contributed by atoms with Crippen molar-refractivity contribution in [3.05, 3.63) is 42.3 Å². The molecule has 3 rings (SSSR count). The van der Waals surface area contributed by atoms with E-state index >= 15 is 0 Å². The van der Waals surface area contributed by atoms with Crippen LogP contribution in [0.25, 0.3) is 0 Å². The van der Waals surface area contributed by atoms with Gasteiger partial charge in [-0.1, -0.05) is 30.3 Å². The average molecular weight is 258 g/mol. The van der Waals surface area contributed by atoms with Crippen LogP contribution in [0.2, 0.25) is 0 Å². The van der Waals surface area contributed by atoms with E-state index in [4.69, 9.17) is 4.74 Å². The number of fused-ring (bicyclic) bond motifs is 2. The zero-order valence-corrected chi connectivity index (χ0v) is 10.6. The third-order valence-corrected chi connectivity index (χ3v) is 3.78. The highest BCUT2D eigenvalue weighted by molar-refractivity contribution is 5.91. The fourth-order valence-corrected chi connectivity index (χ4v) is 2.87. The maximum absolute atomic E-state index is 12.1. The lowest BCUT2D eigenvalue weighted by Crippen LogP contribution is -2.47. The largest absolute Gasteiger partial charge is 0.444 e. The van der Waals surface area contributed by atoms with Crippen LogP contribution < -0.4 is 0 Å². The molecule has 2 saturated heterocycles. The van der Waals surface area contributed by atoms with Crippen molar-refractivity contribution in [2.45, 2.75) is 38.0 Å². The number of rotatable bonds is 2. The van der Waals surface area contributed by atoms with E-state index in [1.807, 2.05) is 30.3 Å². The number of hydrogen-bond acceptors (Lipinski definition) is 3. The number of carbonyl (C=O) groups excluding carboxylic acids is 2. The van der Waals surface area contributed by atoms with Crippen LogP contribution in [0.1, 0.15) is 24.8 Å². The summed E-state index contributed by atoms with van der Waals surface area (Å²) in [6, 6.07) is 9.58. The topological polar surface area (TPSA) is 46.6 Å². The van der Waals surface area contributed by atoms with Crippen molar-refractivity contribution in [1.29, 1.82) is 0 Å². The molecule has 2 fully saturated rings. The first-order valence-corrected chi connectivity index (χ1v) is 6.61. The van der Waals surface area contributed by atoms with E-state index in [-0.39, 0.29) is 30.6 Å². The lowest BCUT2D eigenvalue weighted by molar-refractivity contribution is -0.118. The summed E-state index contributed by atoms with van der Waals surface area (Å²) in [6.45, 7) is 0.281. The maximum Gasteiger partial charge on any atom is 0.413 e. The lowest BCUT2D eigenvalue weighted by atomic mass is 10.0. The van der Waals surface area contributed by atoms with E-state index in [0.717, 1.165) is 18.4 Å². The Bertz CT molecular complexity index is 469. The second-order valence-corrected chi connectivity index (χ2v) is 5.08. The summed E-state index contributed by atoms with van der Waals surface area (Å²) >= 11 is 0. The molecule has 2 bridgehead atoms. The first-order valence-electron chi connectivity index (χ1n) is 6.61. The third kappa shape index (κ3) is 2.43. The summed E-state index contributed by atoms with van der Waals surface area (Å²) in [4.78, 5) is 25.3. The third-order valence-electron chi connectivity index (χ3n) is 3.78. The molecule has 2 aliphatic heterocycles. The van der Waals surface area contributed by atoms with Crippen LogP contribution in [0, 0.1) is 6.42 Å². The summed E-state index contributed by atoms with van der Waals surface area (Å²) in [5.74, 6) is 0.152. The van der Waals surface area contributed by atoms with Crippen molar-refractivity contribution in [1.82, 2.24) is 4.90 Å². The second-order valence-electron chi connectivity index (χ2n) is 5.08. The molecule has 0 saturated carbocycles. The van der Waals surface area contributed by atoms with Gasteiger partial charge in [-0.2, -0.15) is 0 Å². The molecule has 0 N–H and O–H groups in total. The SMILES string of the molecule is O=C1[CH+]C2CCC(C1)N2C(=O)OCc1ccccc1. The van der Waals surface area contributed by atoms with Crippen LogP contribution in [0.5, 0.6) is 0 Å². The minimum Gasteiger partial charge on any atom is -0.444 e. The van der Waals surface area contributed by atoms with E-state index in [1.54, 1.807) is 11.3 Å². The predicted molar refractivity (Wildman–Crippen MR) is 69.2 cm³/mol. The molecule has 0 aliphatic carbocycles. The Morgan fingerprint density at radius 1 is 1.32 bits per heavy atom. The van der Waals surface area contributed by atoms with Crippen LogP contribution in [-0.4, -0.2) is 28.9 Å². The predicted octanol–water partition coefficient (Wildman–Crippen LogP) is 2.33. The monoisotopic (exact) mass is 258 g/mol. The molecule has 0 radical (unpaired) electrons. The maximum atomic E-state index is 12.1. The Morgan fingerprint density at radius 2 is 2.11 bits per heavy atom. The number of amides is 1. The van der Waals surface area contributed by atoms with Crippen molar-refractivity contribution < 1.29 is 14.3 Å². The fourth-order valence-electron chi connectivity index (χ4n) is 2.87. The van der Waals surface area contributed by atoms with E-state index in [2.05, 4.69) is 0 Å². The highest BCUT2D eigenvalue weighted by Crippen LogP contribution is 2.33. The quantitative estimate of drug-likeness (QED) is 0.765. The molecule has 98 valence electrons. The minimum absolute atomic E-state index is 0.0331. The highest BCUT2D eigenvalue weighted by Gasteiger charge is 2.50. The van der Waals surface area contributed by atoms with Crippen molar-refractivity contribution in [2.24, 2.45) is 0 Å². The summed E-state index contributed by atoms with van der Waals surface area (Å²) in [5.41, 5.74) is 0.972. The normalized spacial score (nSPS) is 25.1. The second kappa shape index (κ2) is 4.96. The van der Waals surface area contributed by atoms with E-state index in [0.29, 0.717) is 6.42 Å². The van der Waals surface area contributed by atoms with Gasteiger partial charge in [-0.15, -0.1) is 0 Å². The molecule has 1 aromatic carbocycles. The van der Waals surface area contributed by atoms with Gasteiger partial charge in [0.1, 0.15) is 6.61 Å². The number of ketones is 1. The molecule has 2 heterocycles. The molecular weight excluding hydrogens is 242 g/mol. The number of benzene rings is 1. The Hall–Kier alpha value is -1.97. The summed E-state index contributed by atoms with van der Waals surface area (Å²) in [6.07, 6.45) is 3.56. The standard InChI is InChI=1S/C15H16NO3/c17-14-8-12-6-7-13(9-14)16(12)15(18)19-10-11-4-2-1-3-5-11/h1-5,8,12-13H,6-7,9-10H2/q+1. The number of ether oxygens (including phenoxy) is 1. The zero-order chi connectivity index (χ0) is 13.2. The molecule has 2 atom stereocenters. The van der Waals surface area contributed by atoms with Crippen LogP contribution >= 0.6 is 0 Å². The van der Waals surface area contributed by atoms with Crippen LogP contribution in [-0.2, 0) is 16.1 Å². The van der Waals surface area contributed by atoms with Crippen LogP contribution in [0.15, 0.2) is 30.3 Å². The lowest BCUT2D eigenvalue weighted by Gasteiger charge is -2.27. The molecule has 2 unspecified atom stereocenters. The Kier molecular flexibility index (Phi) is 3.15. The van der Waals surface area contributed by atoms with E-state index in [1.165, 1.54) is 0 Å². The van der Waals surface area contributed by atoms with Gasteiger partial charge in [0, 0.05) is 6.42 Å². The number of carbonyl (C=O) groups is 2. The molecule has 0 spiro atoms. The Morgan fingerprint density at radius 3 is 2.84 bits per heavy atom. The molecule has 4 nitrogen and oxygen atoms in total. The van der Waals surface area contributed by atoms with Gasteiger partial charge in [-0.3, -0.25) is 4.90 Å². The van der Waals surface area contributed by atoms with Crippen LogP contribution in [0.4, 0.5) is 4.79 Å². The Labute approximate surface area is 112 Å². The molecule has 1 aromatic rings. The number of nitrogens with zero attached hydrogens (tertiary/aromatic N) is 1. The van der Waals surface area contributed by atoms with Gasteiger partial charge in [0.25, 0.3) is 0 Å². The van der Waals surface area contributed by atoms with E-state index in [9.17, 15) is 9.59 Å². The molecule has 19 heavy (non-hydrogen) atoms. The summed E-state index contributed by atoms with van der Waals surface area (Å²) in [7, 11) is 0. The molecule has 4 heteroatoms. The van der Waals surface area contributed by atoms with Crippen molar-refractivity contribution in [3.63, 3.8) is 0 Å². The number of piperidine rings is 1. The first kappa shape index (κ1) is 12.1. The fraction of sp³-hybridized carbons (Fsp3) is 0.400. The molecule has 2 aliphatic rings. The van der Waals surface area contributed by atoms with Gasteiger partial charge in [0.2, 0.25) is 0 Å². The number of Topliss-reactive ketones (excluding diaryl/α,β-unsaturated/α-hetero) is 1. The molecule has 0 aromatic heterocycles. The number of hydrogen-bond donors (Lipinski definition) is 0. The van der Waals surface area contributed by atoms with Gasteiger partial charge in [0.05, 0.1) is 12.5 Å². The van der Waals surface area contributed by atoms with E-state index < -0.39 is 0 Å². The zero-order valence-electron chi connectivity index (χ0n) is 10.6. The van der Waals surface area contributed by atoms with Gasteiger partial charge in [-0.05, 0) is 12.0 Å². The summed E-state index contributed by atoms with van der Waals surface area (Å²) in [5, 5.41) is 0. The average Bonchev–Trinajstić information content (AvgIpc) is 2.70. The Balaban J connectivity index is 1.61. The van der Waals surface area contributed by atoms with Gasteiger partial charge in [-0.25, -0.2) is 9.59 Å².